The minimum absolute atomic E-state index is 0.251. The highest BCUT2D eigenvalue weighted by Gasteiger charge is 2.19. The lowest BCUT2D eigenvalue weighted by molar-refractivity contribution is -0.119. The number of amides is 1. The van der Waals surface area contributed by atoms with Crippen molar-refractivity contribution in [1.29, 1.82) is 5.26 Å². The van der Waals surface area contributed by atoms with Gasteiger partial charge in [0.2, 0.25) is 5.91 Å². The average molecular weight is 266 g/mol. The molecule has 0 atom stereocenters. The molecule has 1 aromatic rings. The third-order valence-electron chi connectivity index (χ3n) is 2.56. The summed E-state index contributed by atoms with van der Waals surface area (Å²) < 4.78 is 0. The summed E-state index contributed by atoms with van der Waals surface area (Å²) in [5.41, 5.74) is 6.20. The van der Waals surface area contributed by atoms with Crippen LogP contribution in [0.25, 0.3) is 0 Å². The van der Waals surface area contributed by atoms with E-state index in [2.05, 4.69) is 5.32 Å². The lowest BCUT2D eigenvalue weighted by Gasteiger charge is -2.25. The fourth-order valence-electron chi connectivity index (χ4n) is 1.59. The van der Waals surface area contributed by atoms with Crippen LogP contribution < -0.4 is 11.1 Å². The van der Waals surface area contributed by atoms with Crippen molar-refractivity contribution in [3.8, 4) is 6.07 Å². The van der Waals surface area contributed by atoms with Gasteiger partial charge in [-0.05, 0) is 31.5 Å². The Labute approximate surface area is 112 Å². The number of primary amides is 1. The summed E-state index contributed by atoms with van der Waals surface area (Å²) in [6.45, 7) is 4.31. The van der Waals surface area contributed by atoms with Gasteiger partial charge in [0.05, 0.1) is 11.6 Å². The summed E-state index contributed by atoms with van der Waals surface area (Å²) in [7, 11) is 0. The van der Waals surface area contributed by atoms with Crippen LogP contribution >= 0.6 is 11.6 Å². The Morgan fingerprint density at radius 1 is 1.56 bits per heavy atom. The van der Waals surface area contributed by atoms with Crippen LogP contribution in [-0.4, -0.2) is 11.4 Å². The molecule has 4 nitrogen and oxygen atoms in total. The molecule has 1 aromatic carbocycles. The fourth-order valence-corrected chi connectivity index (χ4v) is 1.84. The highest BCUT2D eigenvalue weighted by molar-refractivity contribution is 6.31. The van der Waals surface area contributed by atoms with Gasteiger partial charge in [-0.25, -0.2) is 0 Å². The monoisotopic (exact) mass is 265 g/mol. The maximum Gasteiger partial charge on any atom is 0.219 e. The molecule has 5 heteroatoms. The quantitative estimate of drug-likeness (QED) is 0.854. The Kier molecular flexibility index (Phi) is 4.71. The Morgan fingerprint density at radius 3 is 2.72 bits per heavy atom. The third-order valence-corrected chi connectivity index (χ3v) is 2.91. The van der Waals surface area contributed by atoms with Crippen molar-refractivity contribution < 1.29 is 4.79 Å². The lowest BCUT2D eigenvalue weighted by atomic mass is 9.99. The maximum absolute atomic E-state index is 10.9. The van der Waals surface area contributed by atoms with E-state index < -0.39 is 0 Å². The number of benzene rings is 1. The van der Waals surface area contributed by atoms with E-state index in [1.807, 2.05) is 19.9 Å². The number of nitrogens with one attached hydrogen (secondary N) is 1. The molecule has 96 valence electrons. The first-order chi connectivity index (χ1) is 8.34. The lowest BCUT2D eigenvalue weighted by Crippen LogP contribution is -2.42. The number of nitrogens with two attached hydrogens (primary N) is 1. The maximum atomic E-state index is 10.9. The molecular weight excluding hydrogens is 250 g/mol. The van der Waals surface area contributed by atoms with Gasteiger partial charge in [-0.1, -0.05) is 17.7 Å². The average Bonchev–Trinajstić information content (AvgIpc) is 2.25. The molecule has 0 aliphatic rings. The van der Waals surface area contributed by atoms with Crippen molar-refractivity contribution in [2.75, 3.05) is 0 Å². The van der Waals surface area contributed by atoms with Gasteiger partial charge in [-0.3, -0.25) is 4.79 Å². The summed E-state index contributed by atoms with van der Waals surface area (Å²) in [5.74, 6) is -0.349. The molecule has 1 amide bonds. The first-order valence-corrected chi connectivity index (χ1v) is 5.94. The van der Waals surface area contributed by atoms with Gasteiger partial charge in [0.15, 0.2) is 0 Å². The summed E-state index contributed by atoms with van der Waals surface area (Å²) >= 11 is 6.06. The van der Waals surface area contributed by atoms with Crippen LogP contribution in [0.15, 0.2) is 18.2 Å². The van der Waals surface area contributed by atoms with Crippen molar-refractivity contribution >= 4 is 17.5 Å². The van der Waals surface area contributed by atoms with E-state index in [1.54, 1.807) is 18.2 Å². The molecule has 0 fully saturated rings. The normalized spacial score (nSPS) is 11.0. The van der Waals surface area contributed by atoms with E-state index in [0.717, 1.165) is 5.56 Å². The Hall–Kier alpha value is -1.57. The first kappa shape index (κ1) is 14.5. The van der Waals surface area contributed by atoms with Crippen molar-refractivity contribution in [3.05, 3.63) is 34.3 Å². The molecule has 0 unspecified atom stereocenters. The van der Waals surface area contributed by atoms with E-state index in [-0.39, 0.29) is 17.9 Å². The number of nitrogens with zero attached hydrogens (tertiary/aromatic N) is 1. The highest BCUT2D eigenvalue weighted by Crippen LogP contribution is 2.19. The second kappa shape index (κ2) is 5.85. The molecule has 0 aromatic heterocycles. The van der Waals surface area contributed by atoms with Crippen LogP contribution in [0.3, 0.4) is 0 Å². The molecule has 0 aliphatic carbocycles. The molecule has 0 heterocycles. The number of halogens is 1. The Bertz CT molecular complexity index is 491. The number of rotatable bonds is 5. The molecular formula is C13H16ClN3O. The third kappa shape index (κ3) is 4.36. The predicted octanol–water partition coefficient (Wildman–Crippen LogP) is 1.96. The summed E-state index contributed by atoms with van der Waals surface area (Å²) in [6.07, 6.45) is 0.251. The number of hydrogen-bond donors (Lipinski definition) is 2. The van der Waals surface area contributed by atoms with E-state index in [1.165, 1.54) is 0 Å². The standard InChI is InChI=1S/C13H16ClN3O/c1-13(2,6-12(16)18)17-8-10-4-3-9(7-15)5-11(10)14/h3-5,17H,6,8H2,1-2H3,(H2,16,18). The van der Waals surface area contributed by atoms with Crippen molar-refractivity contribution in [1.82, 2.24) is 5.32 Å². The fraction of sp³-hybridized carbons (Fsp3) is 0.385. The van der Waals surface area contributed by atoms with Crippen molar-refractivity contribution in [2.24, 2.45) is 5.73 Å². The second-order valence-corrected chi connectivity index (χ2v) is 5.21. The molecule has 0 saturated heterocycles. The van der Waals surface area contributed by atoms with E-state index in [9.17, 15) is 4.79 Å². The van der Waals surface area contributed by atoms with E-state index in [4.69, 9.17) is 22.6 Å². The van der Waals surface area contributed by atoms with Crippen molar-refractivity contribution in [3.63, 3.8) is 0 Å². The number of carbonyl (C=O) groups excluding carboxylic acids is 1. The molecule has 18 heavy (non-hydrogen) atoms. The molecule has 1 rings (SSSR count). The summed E-state index contributed by atoms with van der Waals surface area (Å²) in [6, 6.07) is 7.16. The van der Waals surface area contributed by atoms with Gasteiger partial charge in [-0.15, -0.1) is 0 Å². The van der Waals surface area contributed by atoms with Gasteiger partial charge in [0, 0.05) is 23.5 Å². The molecule has 0 bridgehead atoms. The zero-order valence-corrected chi connectivity index (χ0v) is 11.2. The zero-order chi connectivity index (χ0) is 13.8. The topological polar surface area (TPSA) is 78.9 Å². The summed E-state index contributed by atoms with van der Waals surface area (Å²) in [5, 5.41) is 12.5. The van der Waals surface area contributed by atoms with Crippen LogP contribution in [-0.2, 0) is 11.3 Å². The number of carbonyl (C=O) groups is 1. The van der Waals surface area contributed by atoms with Gasteiger partial charge < -0.3 is 11.1 Å². The van der Waals surface area contributed by atoms with Crippen LogP contribution in [0.2, 0.25) is 5.02 Å². The number of hydrogen-bond acceptors (Lipinski definition) is 3. The van der Waals surface area contributed by atoms with Crippen LogP contribution in [0, 0.1) is 11.3 Å². The number of nitriles is 1. The molecule has 0 spiro atoms. The van der Waals surface area contributed by atoms with Gasteiger partial charge in [-0.2, -0.15) is 5.26 Å². The summed E-state index contributed by atoms with van der Waals surface area (Å²) in [4.78, 5) is 10.9. The van der Waals surface area contributed by atoms with Gasteiger partial charge >= 0.3 is 0 Å². The molecule has 3 N–H and O–H groups in total. The minimum Gasteiger partial charge on any atom is -0.370 e. The molecule has 0 saturated carbocycles. The Morgan fingerprint density at radius 2 is 2.22 bits per heavy atom. The molecule has 0 aliphatic heterocycles. The van der Waals surface area contributed by atoms with E-state index >= 15 is 0 Å². The van der Waals surface area contributed by atoms with Gasteiger partial charge in [0.25, 0.3) is 0 Å². The predicted molar refractivity (Wildman–Crippen MR) is 70.9 cm³/mol. The first-order valence-electron chi connectivity index (χ1n) is 5.56. The minimum atomic E-state index is -0.386. The van der Waals surface area contributed by atoms with Crippen molar-refractivity contribution in [2.45, 2.75) is 32.4 Å². The molecule has 0 radical (unpaired) electrons. The highest BCUT2D eigenvalue weighted by atomic mass is 35.5. The van der Waals surface area contributed by atoms with Crippen LogP contribution in [0.4, 0.5) is 0 Å². The second-order valence-electron chi connectivity index (χ2n) is 4.80. The smallest absolute Gasteiger partial charge is 0.219 e. The van der Waals surface area contributed by atoms with Crippen LogP contribution in [0.5, 0.6) is 0 Å². The van der Waals surface area contributed by atoms with Crippen LogP contribution in [0.1, 0.15) is 31.4 Å². The SMILES string of the molecule is CC(C)(CC(N)=O)NCc1ccc(C#N)cc1Cl. The Balaban J connectivity index is 2.69. The van der Waals surface area contributed by atoms with E-state index in [0.29, 0.717) is 17.1 Å². The largest absolute Gasteiger partial charge is 0.370 e. The van der Waals surface area contributed by atoms with Gasteiger partial charge in [0.1, 0.15) is 0 Å². The zero-order valence-electron chi connectivity index (χ0n) is 10.5.